The molecule has 0 fully saturated rings. The number of amides is 3. The summed E-state index contributed by atoms with van der Waals surface area (Å²) in [5, 5.41) is 7.36. The monoisotopic (exact) mass is 465 g/mol. The first-order valence-corrected chi connectivity index (χ1v) is 10.6. The summed E-state index contributed by atoms with van der Waals surface area (Å²) < 4.78 is 15.5. The van der Waals surface area contributed by atoms with Gasteiger partial charge in [0.25, 0.3) is 0 Å². The Morgan fingerprint density at radius 1 is 0.818 bits per heavy atom. The predicted octanol–water partition coefficient (Wildman–Crippen LogP) is 3.00. The van der Waals surface area contributed by atoms with Gasteiger partial charge in [-0.05, 0) is 54.0 Å². The number of alkyl carbamates (subject to hydrolysis) is 2. The molecule has 2 atom stereocenters. The second-order valence-corrected chi connectivity index (χ2v) is 9.43. The molecule has 0 saturated carbocycles. The predicted molar refractivity (Wildman–Crippen MR) is 121 cm³/mol. The van der Waals surface area contributed by atoms with Crippen molar-refractivity contribution in [2.75, 3.05) is 0 Å². The third kappa shape index (κ3) is 13.0. The van der Waals surface area contributed by atoms with Crippen molar-refractivity contribution in [2.24, 2.45) is 0 Å². The molecule has 10 heteroatoms. The molecule has 0 heterocycles. The summed E-state index contributed by atoms with van der Waals surface area (Å²) in [5.41, 5.74) is -0.751. The first-order valence-electron chi connectivity index (χ1n) is 10.6. The molecule has 0 radical (unpaired) electrons. The Bertz CT molecular complexity index is 784. The number of rotatable bonds is 8. The minimum atomic E-state index is -1.28. The summed E-state index contributed by atoms with van der Waals surface area (Å²) >= 11 is 0. The van der Waals surface area contributed by atoms with Crippen LogP contribution in [0.15, 0.2) is 30.3 Å². The molecule has 1 rings (SSSR count). The van der Waals surface area contributed by atoms with Gasteiger partial charge in [0.15, 0.2) is 0 Å². The number of carbonyl (C=O) groups is 4. The largest absolute Gasteiger partial charge is 0.460 e. The standard InChI is InChI=1S/C23H35N3O7/c1-15(25-20(29)31-14-16-11-9-8-10-12-16)24-19(28)17(13-18(27)32-22(2,3)4)26-21(30)33-23(5,6)7/h8-12,15,17H,13-14H2,1-7H3,(H,24,28)(H,25,29)(H,26,30)/t15-,17-/m1/s1. The number of benzene rings is 1. The van der Waals surface area contributed by atoms with Crippen LogP contribution in [0.3, 0.4) is 0 Å². The lowest BCUT2D eigenvalue weighted by atomic mass is 10.1. The molecule has 0 saturated heterocycles. The molecule has 0 spiro atoms. The number of ether oxygens (including phenoxy) is 3. The highest BCUT2D eigenvalue weighted by atomic mass is 16.6. The van der Waals surface area contributed by atoms with Gasteiger partial charge in [-0.3, -0.25) is 9.59 Å². The van der Waals surface area contributed by atoms with E-state index in [9.17, 15) is 19.2 Å². The highest BCUT2D eigenvalue weighted by molar-refractivity contribution is 5.90. The van der Waals surface area contributed by atoms with Gasteiger partial charge in [0.1, 0.15) is 30.0 Å². The molecule has 33 heavy (non-hydrogen) atoms. The van der Waals surface area contributed by atoms with Gasteiger partial charge >= 0.3 is 18.2 Å². The summed E-state index contributed by atoms with van der Waals surface area (Å²) in [6.45, 7) is 11.7. The zero-order chi connectivity index (χ0) is 25.2. The van der Waals surface area contributed by atoms with E-state index >= 15 is 0 Å². The lowest BCUT2D eigenvalue weighted by Crippen LogP contribution is -2.54. The number of hydrogen-bond donors (Lipinski definition) is 3. The second-order valence-electron chi connectivity index (χ2n) is 9.43. The quantitative estimate of drug-likeness (QED) is 0.305. The van der Waals surface area contributed by atoms with Crippen molar-refractivity contribution in [1.29, 1.82) is 0 Å². The molecule has 0 bridgehead atoms. The van der Waals surface area contributed by atoms with Gasteiger partial charge in [-0.1, -0.05) is 30.3 Å². The molecule has 10 nitrogen and oxygen atoms in total. The fourth-order valence-corrected chi connectivity index (χ4v) is 2.50. The molecule has 0 aliphatic rings. The van der Waals surface area contributed by atoms with Gasteiger partial charge in [0.2, 0.25) is 5.91 Å². The molecular formula is C23H35N3O7. The molecule has 3 amide bonds. The van der Waals surface area contributed by atoms with E-state index in [0.717, 1.165) is 5.56 Å². The lowest BCUT2D eigenvalue weighted by molar-refractivity contribution is -0.156. The van der Waals surface area contributed by atoms with Crippen molar-refractivity contribution in [2.45, 2.75) is 84.9 Å². The van der Waals surface area contributed by atoms with Crippen LogP contribution in [0.4, 0.5) is 9.59 Å². The third-order valence-corrected chi connectivity index (χ3v) is 3.70. The number of esters is 1. The minimum absolute atomic E-state index is 0.0643. The number of hydrogen-bond acceptors (Lipinski definition) is 7. The van der Waals surface area contributed by atoms with Gasteiger partial charge < -0.3 is 30.2 Å². The van der Waals surface area contributed by atoms with Crippen molar-refractivity contribution in [3.8, 4) is 0 Å². The highest BCUT2D eigenvalue weighted by Gasteiger charge is 2.29. The zero-order valence-electron chi connectivity index (χ0n) is 20.3. The zero-order valence-corrected chi connectivity index (χ0v) is 20.3. The summed E-state index contributed by atoms with van der Waals surface area (Å²) in [4.78, 5) is 49.1. The van der Waals surface area contributed by atoms with Crippen LogP contribution in [-0.2, 0) is 30.4 Å². The topological polar surface area (TPSA) is 132 Å². The average Bonchev–Trinajstić information content (AvgIpc) is 2.63. The van der Waals surface area contributed by atoms with E-state index in [-0.39, 0.29) is 6.61 Å². The summed E-state index contributed by atoms with van der Waals surface area (Å²) in [6.07, 6.45) is -2.88. The molecule has 0 aliphatic heterocycles. The highest BCUT2D eigenvalue weighted by Crippen LogP contribution is 2.11. The molecule has 0 aromatic heterocycles. The molecule has 3 N–H and O–H groups in total. The van der Waals surface area contributed by atoms with E-state index in [1.165, 1.54) is 6.92 Å². The van der Waals surface area contributed by atoms with Gasteiger partial charge in [-0.15, -0.1) is 0 Å². The summed E-state index contributed by atoms with van der Waals surface area (Å²) in [6, 6.07) is 7.83. The third-order valence-electron chi connectivity index (χ3n) is 3.70. The van der Waals surface area contributed by atoms with Crippen molar-refractivity contribution in [1.82, 2.24) is 16.0 Å². The van der Waals surface area contributed by atoms with Gasteiger partial charge in [0.05, 0.1) is 6.42 Å². The smallest absolute Gasteiger partial charge is 0.409 e. The van der Waals surface area contributed by atoms with E-state index < -0.39 is 53.9 Å². The van der Waals surface area contributed by atoms with Gasteiger partial charge in [-0.25, -0.2) is 9.59 Å². The van der Waals surface area contributed by atoms with Gasteiger partial charge in [0, 0.05) is 0 Å². The van der Waals surface area contributed by atoms with Crippen LogP contribution >= 0.6 is 0 Å². The van der Waals surface area contributed by atoms with Gasteiger partial charge in [-0.2, -0.15) is 0 Å². The van der Waals surface area contributed by atoms with Crippen molar-refractivity contribution in [3.63, 3.8) is 0 Å². The lowest BCUT2D eigenvalue weighted by Gasteiger charge is -2.25. The van der Waals surface area contributed by atoms with Crippen molar-refractivity contribution in [3.05, 3.63) is 35.9 Å². The SMILES string of the molecule is C[C@@H](NC(=O)OCc1ccccc1)NC(=O)[C@@H](CC(=O)OC(C)(C)C)NC(=O)OC(C)(C)C. The molecule has 0 unspecified atom stereocenters. The maximum atomic E-state index is 12.7. The normalized spacial score (nSPS) is 13.2. The van der Waals surface area contributed by atoms with Crippen LogP contribution in [0.2, 0.25) is 0 Å². The Morgan fingerprint density at radius 3 is 1.94 bits per heavy atom. The summed E-state index contributed by atoms with van der Waals surface area (Å²) in [5.74, 6) is -1.39. The first kappa shape index (κ1) is 27.7. The van der Waals surface area contributed by atoms with E-state index in [1.807, 2.05) is 30.3 Å². The Morgan fingerprint density at radius 2 is 1.39 bits per heavy atom. The average molecular weight is 466 g/mol. The van der Waals surface area contributed by atoms with Crippen LogP contribution in [0.1, 0.15) is 60.5 Å². The Labute approximate surface area is 194 Å². The Hall–Kier alpha value is -3.30. The second kappa shape index (κ2) is 12.1. The molecule has 1 aromatic carbocycles. The molecule has 1 aromatic rings. The van der Waals surface area contributed by atoms with Crippen LogP contribution < -0.4 is 16.0 Å². The fourth-order valence-electron chi connectivity index (χ4n) is 2.50. The van der Waals surface area contributed by atoms with E-state index in [0.29, 0.717) is 0 Å². The van der Waals surface area contributed by atoms with Crippen molar-refractivity contribution >= 4 is 24.1 Å². The fraction of sp³-hybridized carbons (Fsp3) is 0.565. The number of nitrogens with one attached hydrogen (secondary N) is 3. The van der Waals surface area contributed by atoms with Crippen LogP contribution in [0.5, 0.6) is 0 Å². The van der Waals surface area contributed by atoms with Crippen LogP contribution in [-0.4, -0.2) is 47.5 Å². The molecule has 0 aliphatic carbocycles. The molecular weight excluding hydrogens is 430 g/mol. The molecule has 184 valence electrons. The number of carbonyl (C=O) groups excluding carboxylic acids is 4. The van der Waals surface area contributed by atoms with E-state index in [2.05, 4.69) is 16.0 Å². The maximum Gasteiger partial charge on any atom is 0.409 e. The summed E-state index contributed by atoms with van der Waals surface area (Å²) in [7, 11) is 0. The Kier molecular flexibility index (Phi) is 10.2. The van der Waals surface area contributed by atoms with E-state index in [4.69, 9.17) is 14.2 Å². The van der Waals surface area contributed by atoms with Crippen LogP contribution in [0, 0.1) is 0 Å². The first-order chi connectivity index (χ1) is 15.1. The van der Waals surface area contributed by atoms with Crippen molar-refractivity contribution < 1.29 is 33.4 Å². The minimum Gasteiger partial charge on any atom is -0.460 e. The van der Waals surface area contributed by atoms with Crippen LogP contribution in [0.25, 0.3) is 0 Å². The van der Waals surface area contributed by atoms with E-state index in [1.54, 1.807) is 41.5 Å². The maximum absolute atomic E-state index is 12.7. The Balaban J connectivity index is 2.70.